The lowest BCUT2D eigenvalue weighted by Gasteiger charge is -2.15. The van der Waals surface area contributed by atoms with Gasteiger partial charge in [-0.1, -0.05) is 43.2 Å². The van der Waals surface area contributed by atoms with Crippen LogP contribution in [0.1, 0.15) is 38.2 Å². The molecule has 1 aliphatic rings. The Labute approximate surface area is 158 Å². The first kappa shape index (κ1) is 20.4. The zero-order valence-electron chi connectivity index (χ0n) is 15.3. The number of hydrogen-bond donors (Lipinski definition) is 3. The lowest BCUT2D eigenvalue weighted by molar-refractivity contribution is -0.154. The summed E-state index contributed by atoms with van der Waals surface area (Å²) in [4.78, 5) is 47.2. The molecular weight excluding hydrogens is 350 g/mol. The first-order valence-corrected chi connectivity index (χ1v) is 9.05. The second kappa shape index (κ2) is 10.3. The van der Waals surface area contributed by atoms with Crippen molar-refractivity contribution in [2.75, 3.05) is 6.54 Å². The largest absolute Gasteiger partial charge is 0.451 e. The zero-order chi connectivity index (χ0) is 19.6. The summed E-state index contributed by atoms with van der Waals surface area (Å²) in [7, 11) is 0. The first-order chi connectivity index (χ1) is 12.9. The molecule has 0 aliphatic heterocycles. The van der Waals surface area contributed by atoms with E-state index in [0.717, 1.165) is 31.2 Å². The SMILES string of the molecule is C[C@@H](OC(=O)CNC(=O)Cc1ccccc1)C(=O)NC(=O)NC1CCCC1. The van der Waals surface area contributed by atoms with Gasteiger partial charge in [0.2, 0.25) is 5.91 Å². The van der Waals surface area contributed by atoms with Crippen molar-refractivity contribution in [2.45, 2.75) is 51.2 Å². The molecule has 27 heavy (non-hydrogen) atoms. The van der Waals surface area contributed by atoms with Crippen LogP contribution in [-0.2, 0) is 25.5 Å². The normalized spacial score (nSPS) is 14.9. The van der Waals surface area contributed by atoms with Gasteiger partial charge in [-0.3, -0.25) is 19.7 Å². The Kier molecular flexibility index (Phi) is 7.79. The number of carbonyl (C=O) groups excluding carboxylic acids is 4. The summed E-state index contributed by atoms with van der Waals surface area (Å²) in [5.74, 6) is -1.80. The van der Waals surface area contributed by atoms with E-state index in [1.54, 1.807) is 12.1 Å². The highest BCUT2D eigenvalue weighted by molar-refractivity contribution is 5.97. The Hall–Kier alpha value is -2.90. The zero-order valence-corrected chi connectivity index (χ0v) is 15.3. The average Bonchev–Trinajstić information content (AvgIpc) is 3.13. The van der Waals surface area contributed by atoms with Crippen LogP contribution >= 0.6 is 0 Å². The van der Waals surface area contributed by atoms with Crippen LogP contribution in [0.2, 0.25) is 0 Å². The lowest BCUT2D eigenvalue weighted by Crippen LogP contribution is -2.47. The maximum atomic E-state index is 11.9. The van der Waals surface area contributed by atoms with Gasteiger partial charge in [-0.25, -0.2) is 4.79 Å². The summed E-state index contributed by atoms with van der Waals surface area (Å²) in [5.41, 5.74) is 0.824. The summed E-state index contributed by atoms with van der Waals surface area (Å²) in [6.45, 7) is 1.01. The smallest absolute Gasteiger partial charge is 0.326 e. The van der Waals surface area contributed by atoms with Gasteiger partial charge >= 0.3 is 12.0 Å². The average molecular weight is 375 g/mol. The maximum Gasteiger partial charge on any atom is 0.326 e. The molecule has 1 fully saturated rings. The van der Waals surface area contributed by atoms with Crippen molar-refractivity contribution < 1.29 is 23.9 Å². The quantitative estimate of drug-likeness (QED) is 0.617. The van der Waals surface area contributed by atoms with E-state index in [9.17, 15) is 19.2 Å². The molecule has 0 unspecified atom stereocenters. The van der Waals surface area contributed by atoms with Crippen molar-refractivity contribution in [1.29, 1.82) is 0 Å². The maximum absolute atomic E-state index is 11.9. The minimum absolute atomic E-state index is 0.0792. The van der Waals surface area contributed by atoms with E-state index in [2.05, 4.69) is 16.0 Å². The third-order valence-electron chi connectivity index (χ3n) is 4.24. The van der Waals surface area contributed by atoms with Gasteiger partial charge < -0.3 is 15.4 Å². The van der Waals surface area contributed by atoms with Crippen LogP contribution < -0.4 is 16.0 Å². The minimum Gasteiger partial charge on any atom is -0.451 e. The molecule has 4 amide bonds. The van der Waals surface area contributed by atoms with E-state index in [1.165, 1.54) is 6.92 Å². The monoisotopic (exact) mass is 375 g/mol. The van der Waals surface area contributed by atoms with Gasteiger partial charge in [0.05, 0.1) is 6.42 Å². The molecule has 1 atom stereocenters. The molecule has 2 rings (SSSR count). The van der Waals surface area contributed by atoms with Crippen molar-refractivity contribution in [3.05, 3.63) is 35.9 Å². The number of imide groups is 1. The summed E-state index contributed by atoms with van der Waals surface area (Å²) < 4.78 is 4.94. The molecule has 146 valence electrons. The Balaban J connectivity index is 1.65. The number of carbonyl (C=O) groups is 4. The third kappa shape index (κ3) is 7.47. The van der Waals surface area contributed by atoms with Gasteiger partial charge in [0, 0.05) is 6.04 Å². The van der Waals surface area contributed by atoms with E-state index in [0.29, 0.717) is 0 Å². The van der Waals surface area contributed by atoms with Gasteiger partial charge in [0.25, 0.3) is 5.91 Å². The number of urea groups is 1. The molecule has 0 radical (unpaired) electrons. The Bertz CT molecular complexity index is 671. The molecular formula is C19H25N3O5. The topological polar surface area (TPSA) is 114 Å². The number of ether oxygens (including phenoxy) is 1. The molecule has 0 aromatic heterocycles. The molecule has 1 aliphatic carbocycles. The Morgan fingerprint density at radius 3 is 2.44 bits per heavy atom. The molecule has 0 heterocycles. The summed E-state index contributed by atoms with van der Waals surface area (Å²) in [6, 6.07) is 8.59. The summed E-state index contributed by atoms with van der Waals surface area (Å²) >= 11 is 0. The molecule has 0 saturated heterocycles. The number of nitrogens with one attached hydrogen (secondary N) is 3. The molecule has 8 heteroatoms. The highest BCUT2D eigenvalue weighted by Crippen LogP contribution is 2.17. The van der Waals surface area contributed by atoms with Crippen molar-refractivity contribution in [3.63, 3.8) is 0 Å². The van der Waals surface area contributed by atoms with Gasteiger partial charge in [0.15, 0.2) is 6.10 Å². The van der Waals surface area contributed by atoms with Gasteiger partial charge in [-0.2, -0.15) is 0 Å². The van der Waals surface area contributed by atoms with Gasteiger partial charge in [-0.15, -0.1) is 0 Å². The van der Waals surface area contributed by atoms with Crippen molar-refractivity contribution in [3.8, 4) is 0 Å². The second-order valence-corrected chi connectivity index (χ2v) is 6.52. The van der Waals surface area contributed by atoms with Crippen LogP contribution in [0.4, 0.5) is 4.79 Å². The molecule has 0 spiro atoms. The van der Waals surface area contributed by atoms with Crippen LogP contribution in [-0.4, -0.2) is 42.5 Å². The number of hydrogen-bond acceptors (Lipinski definition) is 5. The fourth-order valence-electron chi connectivity index (χ4n) is 2.81. The van der Waals surface area contributed by atoms with E-state index in [-0.39, 0.29) is 24.9 Å². The van der Waals surface area contributed by atoms with Crippen LogP contribution in [0.15, 0.2) is 30.3 Å². The number of rotatable bonds is 7. The Morgan fingerprint density at radius 2 is 1.78 bits per heavy atom. The Morgan fingerprint density at radius 1 is 1.11 bits per heavy atom. The lowest BCUT2D eigenvalue weighted by atomic mass is 10.1. The van der Waals surface area contributed by atoms with E-state index in [1.807, 2.05) is 18.2 Å². The molecule has 1 saturated carbocycles. The van der Waals surface area contributed by atoms with Crippen LogP contribution in [0, 0.1) is 0 Å². The summed E-state index contributed by atoms with van der Waals surface area (Å²) in [5, 5.41) is 7.31. The van der Waals surface area contributed by atoms with Crippen molar-refractivity contribution >= 4 is 23.8 Å². The number of benzene rings is 1. The van der Waals surface area contributed by atoms with Crippen molar-refractivity contribution in [1.82, 2.24) is 16.0 Å². The van der Waals surface area contributed by atoms with Crippen molar-refractivity contribution in [2.24, 2.45) is 0 Å². The predicted molar refractivity (Wildman–Crippen MR) is 97.6 cm³/mol. The second-order valence-electron chi connectivity index (χ2n) is 6.52. The highest BCUT2D eigenvalue weighted by atomic mass is 16.5. The summed E-state index contributed by atoms with van der Waals surface area (Å²) in [6.07, 6.45) is 2.92. The van der Waals surface area contributed by atoms with Gasteiger partial charge in [0.1, 0.15) is 6.54 Å². The molecule has 3 N–H and O–H groups in total. The number of esters is 1. The fourth-order valence-corrected chi connectivity index (χ4v) is 2.81. The molecule has 8 nitrogen and oxygen atoms in total. The standard InChI is InChI=1S/C19H25N3O5/c1-13(18(25)22-19(26)21-15-9-5-6-10-15)27-17(24)12-20-16(23)11-14-7-3-2-4-8-14/h2-4,7-8,13,15H,5-6,9-12H2,1H3,(H,20,23)(H2,21,22,25,26)/t13-/m1/s1. The molecule has 1 aromatic carbocycles. The fraction of sp³-hybridized carbons (Fsp3) is 0.474. The van der Waals surface area contributed by atoms with E-state index < -0.39 is 24.0 Å². The molecule has 0 bridgehead atoms. The van der Waals surface area contributed by atoms with E-state index >= 15 is 0 Å². The third-order valence-corrected chi connectivity index (χ3v) is 4.24. The molecule has 1 aromatic rings. The number of amides is 4. The predicted octanol–water partition coefficient (Wildman–Crippen LogP) is 1.05. The first-order valence-electron chi connectivity index (χ1n) is 9.05. The highest BCUT2D eigenvalue weighted by Gasteiger charge is 2.22. The minimum atomic E-state index is -1.14. The van der Waals surface area contributed by atoms with Gasteiger partial charge in [-0.05, 0) is 25.3 Å². The van der Waals surface area contributed by atoms with Crippen LogP contribution in [0.5, 0.6) is 0 Å². The van der Waals surface area contributed by atoms with E-state index in [4.69, 9.17) is 4.74 Å². The van der Waals surface area contributed by atoms with Crippen LogP contribution in [0.3, 0.4) is 0 Å². The van der Waals surface area contributed by atoms with Crippen LogP contribution in [0.25, 0.3) is 0 Å².